The molecule has 1 aromatic rings. The second-order valence-corrected chi connectivity index (χ2v) is 6.13. The maximum Gasteiger partial charge on any atom is 0.302 e. The first-order chi connectivity index (χ1) is 8.61. The predicted octanol–water partition coefficient (Wildman–Crippen LogP) is 4.77. The fraction of sp³-hybridized carbons (Fsp3) is 0.462. The summed E-state index contributed by atoms with van der Waals surface area (Å²) in [6.45, 7) is 5.18. The van der Waals surface area contributed by atoms with Gasteiger partial charge in [0.1, 0.15) is 5.75 Å². The Balaban J connectivity index is 2.77. The summed E-state index contributed by atoms with van der Waals surface area (Å²) < 4.78 is 17.0. The van der Waals surface area contributed by atoms with Crippen molar-refractivity contribution in [1.29, 1.82) is 0 Å². The van der Waals surface area contributed by atoms with Gasteiger partial charge in [-0.2, -0.15) is 0 Å². The Morgan fingerprint density at radius 3 is 2.17 bits per heavy atom. The number of benzene rings is 1. The normalized spacial score (nSPS) is 11.5. The third kappa shape index (κ3) is 5.03. The predicted molar refractivity (Wildman–Crippen MR) is 78.6 cm³/mol. The first kappa shape index (κ1) is 15.6. The van der Waals surface area contributed by atoms with Crippen LogP contribution in [0.4, 0.5) is 0 Å². The minimum absolute atomic E-state index is 0.533. The molecule has 0 unspecified atom stereocenters. The van der Waals surface area contributed by atoms with Crippen molar-refractivity contribution in [2.75, 3.05) is 13.2 Å². The molecule has 0 spiro atoms. The molecule has 102 valence electrons. The van der Waals surface area contributed by atoms with Gasteiger partial charge in [0, 0.05) is 0 Å². The van der Waals surface area contributed by atoms with Gasteiger partial charge in [-0.05, 0) is 31.3 Å². The van der Waals surface area contributed by atoms with Gasteiger partial charge in [0.05, 0.1) is 18.2 Å². The summed E-state index contributed by atoms with van der Waals surface area (Å²) >= 11 is 6.05. The molecule has 0 saturated carbocycles. The maximum absolute atomic E-state index is 6.05. The van der Waals surface area contributed by atoms with Crippen LogP contribution in [0.25, 0.3) is 0 Å². The standard InChI is InChI=1S/C13H20ClO3P/c1-4-10-15-18(3,16-11-5-2)17-13-9-7-6-8-12(13)14/h6-9H,3-5,10-11H2,1-2H3. The highest BCUT2D eigenvalue weighted by Gasteiger charge is 2.19. The number of rotatable bonds is 8. The van der Waals surface area contributed by atoms with Gasteiger partial charge in [0.2, 0.25) is 0 Å². The Morgan fingerprint density at radius 2 is 1.67 bits per heavy atom. The summed E-state index contributed by atoms with van der Waals surface area (Å²) in [7, 11) is -2.59. The highest BCUT2D eigenvalue weighted by atomic mass is 35.5. The Bertz CT molecular complexity index is 397. The molecular formula is C13H20ClO3P. The number of halogens is 1. The van der Waals surface area contributed by atoms with Crippen molar-refractivity contribution in [3.63, 3.8) is 0 Å². The van der Waals surface area contributed by atoms with Crippen LogP contribution in [-0.4, -0.2) is 19.5 Å². The van der Waals surface area contributed by atoms with E-state index in [1.807, 2.05) is 26.0 Å². The second kappa shape index (κ2) is 7.85. The number of para-hydroxylation sites is 1. The summed E-state index contributed by atoms with van der Waals surface area (Å²) in [6, 6.07) is 7.25. The molecule has 0 aromatic heterocycles. The van der Waals surface area contributed by atoms with Crippen LogP contribution in [0.3, 0.4) is 0 Å². The first-order valence-electron chi connectivity index (χ1n) is 6.08. The van der Waals surface area contributed by atoms with E-state index in [4.69, 9.17) is 25.2 Å². The third-order valence-electron chi connectivity index (χ3n) is 2.06. The number of hydrogen-bond donors (Lipinski definition) is 0. The second-order valence-electron chi connectivity index (χ2n) is 3.80. The fourth-order valence-electron chi connectivity index (χ4n) is 1.22. The van der Waals surface area contributed by atoms with E-state index in [2.05, 4.69) is 6.30 Å². The monoisotopic (exact) mass is 290 g/mol. The highest BCUT2D eigenvalue weighted by Crippen LogP contribution is 2.50. The van der Waals surface area contributed by atoms with Crippen molar-refractivity contribution in [3.8, 4) is 5.75 Å². The molecule has 0 aliphatic heterocycles. The molecule has 3 nitrogen and oxygen atoms in total. The molecule has 0 bridgehead atoms. The molecule has 0 fully saturated rings. The number of hydrogen-bond acceptors (Lipinski definition) is 3. The lowest BCUT2D eigenvalue weighted by atomic mass is 10.3. The SMILES string of the molecule is C=P(OCCC)(OCCC)Oc1ccccc1Cl. The molecule has 0 radical (unpaired) electrons. The van der Waals surface area contributed by atoms with Crippen molar-refractivity contribution in [3.05, 3.63) is 29.3 Å². The Labute approximate surface area is 114 Å². The fourth-order valence-corrected chi connectivity index (χ4v) is 3.01. The van der Waals surface area contributed by atoms with E-state index in [0.29, 0.717) is 24.0 Å². The topological polar surface area (TPSA) is 27.7 Å². The minimum atomic E-state index is -2.59. The van der Waals surface area contributed by atoms with E-state index >= 15 is 0 Å². The van der Waals surface area contributed by atoms with Crippen LogP contribution >= 0.6 is 19.2 Å². The van der Waals surface area contributed by atoms with Crippen molar-refractivity contribution < 1.29 is 13.6 Å². The van der Waals surface area contributed by atoms with Crippen LogP contribution < -0.4 is 4.52 Å². The average molecular weight is 291 g/mol. The third-order valence-corrected chi connectivity index (χ3v) is 4.00. The molecule has 1 rings (SSSR count). The smallest absolute Gasteiger partial charge is 0.302 e. The quantitative estimate of drug-likeness (QED) is 0.646. The molecule has 18 heavy (non-hydrogen) atoms. The summed E-state index contributed by atoms with van der Waals surface area (Å²) in [6.07, 6.45) is 5.74. The lowest BCUT2D eigenvalue weighted by Gasteiger charge is -2.24. The van der Waals surface area contributed by atoms with Crippen LogP contribution in [-0.2, 0) is 9.05 Å². The molecule has 0 saturated heterocycles. The zero-order valence-electron chi connectivity index (χ0n) is 10.9. The van der Waals surface area contributed by atoms with Crippen molar-refractivity contribution in [2.24, 2.45) is 0 Å². The van der Waals surface area contributed by atoms with Gasteiger partial charge in [-0.1, -0.05) is 37.6 Å². The molecule has 1 aromatic carbocycles. The van der Waals surface area contributed by atoms with Gasteiger partial charge in [-0.15, -0.1) is 0 Å². The van der Waals surface area contributed by atoms with E-state index in [1.54, 1.807) is 12.1 Å². The molecule has 0 N–H and O–H groups in total. The highest BCUT2D eigenvalue weighted by molar-refractivity contribution is 7.60. The van der Waals surface area contributed by atoms with Crippen LogP contribution in [0, 0.1) is 0 Å². The summed E-state index contributed by atoms with van der Waals surface area (Å²) in [5.74, 6) is 0.551. The molecular weight excluding hydrogens is 271 g/mol. The van der Waals surface area contributed by atoms with Crippen LogP contribution in [0.5, 0.6) is 5.75 Å². The van der Waals surface area contributed by atoms with Gasteiger partial charge < -0.3 is 13.6 Å². The lowest BCUT2D eigenvalue weighted by Crippen LogP contribution is -2.04. The van der Waals surface area contributed by atoms with Crippen molar-refractivity contribution in [2.45, 2.75) is 26.7 Å². The largest absolute Gasteiger partial charge is 0.431 e. The van der Waals surface area contributed by atoms with Gasteiger partial charge in [0.15, 0.2) is 0 Å². The van der Waals surface area contributed by atoms with Gasteiger partial charge in [-0.3, -0.25) is 0 Å². The van der Waals surface area contributed by atoms with Crippen LogP contribution in [0.15, 0.2) is 24.3 Å². The molecule has 0 heterocycles. The Morgan fingerprint density at radius 1 is 1.11 bits per heavy atom. The van der Waals surface area contributed by atoms with Gasteiger partial charge in [-0.25, -0.2) is 0 Å². The minimum Gasteiger partial charge on any atom is -0.431 e. The first-order valence-corrected chi connectivity index (χ1v) is 8.18. The zero-order chi connectivity index (χ0) is 13.4. The van der Waals surface area contributed by atoms with Crippen LogP contribution in [0.2, 0.25) is 5.02 Å². The Hall–Kier alpha value is -0.470. The van der Waals surface area contributed by atoms with Crippen molar-refractivity contribution >= 4 is 25.5 Å². The van der Waals surface area contributed by atoms with E-state index in [0.717, 1.165) is 12.8 Å². The van der Waals surface area contributed by atoms with E-state index < -0.39 is 7.57 Å². The average Bonchev–Trinajstić information content (AvgIpc) is 2.37. The zero-order valence-corrected chi connectivity index (χ0v) is 12.5. The Kier molecular flexibility index (Phi) is 6.80. The van der Waals surface area contributed by atoms with E-state index in [-0.39, 0.29) is 0 Å². The molecule has 0 aliphatic rings. The van der Waals surface area contributed by atoms with E-state index in [1.165, 1.54) is 0 Å². The molecule has 0 atom stereocenters. The lowest BCUT2D eigenvalue weighted by molar-refractivity contribution is 0.201. The van der Waals surface area contributed by atoms with Crippen LogP contribution in [0.1, 0.15) is 26.7 Å². The van der Waals surface area contributed by atoms with Crippen molar-refractivity contribution in [1.82, 2.24) is 0 Å². The van der Waals surface area contributed by atoms with Gasteiger partial charge >= 0.3 is 7.57 Å². The molecule has 0 amide bonds. The summed E-state index contributed by atoms with van der Waals surface area (Å²) in [4.78, 5) is 0. The molecule has 5 heteroatoms. The summed E-state index contributed by atoms with van der Waals surface area (Å²) in [5.41, 5.74) is 0. The van der Waals surface area contributed by atoms with E-state index in [9.17, 15) is 0 Å². The summed E-state index contributed by atoms with van der Waals surface area (Å²) in [5, 5.41) is 0.533. The maximum atomic E-state index is 6.05. The molecule has 0 aliphatic carbocycles. The van der Waals surface area contributed by atoms with Gasteiger partial charge in [0.25, 0.3) is 0 Å².